The molecule has 1 amide bonds. The monoisotopic (exact) mass is 435 g/mol. The fourth-order valence-electron chi connectivity index (χ4n) is 6.84. The molecule has 1 N–H and O–H groups in total. The van der Waals surface area contributed by atoms with Crippen LogP contribution in [0.2, 0.25) is 0 Å². The number of amides is 1. The Morgan fingerprint density at radius 3 is 2.12 bits per heavy atom. The van der Waals surface area contributed by atoms with Crippen LogP contribution in [0.25, 0.3) is 0 Å². The summed E-state index contributed by atoms with van der Waals surface area (Å²) in [5, 5.41) is 10.9. The number of ketones is 1. The van der Waals surface area contributed by atoms with Crippen molar-refractivity contribution < 1.29 is 19.1 Å². The Labute approximate surface area is 188 Å². The lowest BCUT2D eigenvalue weighted by Crippen LogP contribution is -2.63. The molecule has 32 heavy (non-hydrogen) atoms. The molecule has 4 aliphatic rings. The third-order valence-electron chi connectivity index (χ3n) is 7.82. The maximum absolute atomic E-state index is 14.0. The van der Waals surface area contributed by atoms with Crippen LogP contribution in [0.5, 0.6) is 0 Å². The predicted octanol–water partition coefficient (Wildman–Crippen LogP) is 4.85. The van der Waals surface area contributed by atoms with Crippen LogP contribution in [-0.4, -0.2) is 39.4 Å². The van der Waals surface area contributed by atoms with E-state index in [4.69, 9.17) is 0 Å². The quantitative estimate of drug-likeness (QED) is 0.684. The number of carbonyl (C=O) groups excluding carboxylic acids is 2. The molecule has 4 bridgehead atoms. The van der Waals surface area contributed by atoms with E-state index in [2.05, 4.69) is 0 Å². The van der Waals surface area contributed by atoms with Crippen molar-refractivity contribution >= 4 is 11.7 Å². The van der Waals surface area contributed by atoms with Crippen molar-refractivity contribution in [2.24, 2.45) is 17.8 Å². The predicted molar refractivity (Wildman–Crippen MR) is 120 cm³/mol. The first-order valence-electron chi connectivity index (χ1n) is 11.7. The molecule has 0 spiro atoms. The molecule has 0 aliphatic heterocycles. The zero-order chi connectivity index (χ0) is 22.6. The van der Waals surface area contributed by atoms with Gasteiger partial charge in [0, 0.05) is 23.2 Å². The molecule has 6 rings (SSSR count). The van der Waals surface area contributed by atoms with Gasteiger partial charge in [-0.1, -0.05) is 24.3 Å². The van der Waals surface area contributed by atoms with E-state index in [9.17, 15) is 19.1 Å². The highest BCUT2D eigenvalue weighted by Crippen LogP contribution is 2.57. The molecule has 2 aromatic carbocycles. The zero-order valence-electron chi connectivity index (χ0n) is 18.6. The molecule has 0 aromatic heterocycles. The Morgan fingerprint density at radius 1 is 0.969 bits per heavy atom. The van der Waals surface area contributed by atoms with E-state index in [1.807, 2.05) is 18.7 Å². The lowest BCUT2D eigenvalue weighted by Gasteiger charge is -2.60. The van der Waals surface area contributed by atoms with E-state index in [-0.39, 0.29) is 23.6 Å². The first-order valence-corrected chi connectivity index (χ1v) is 11.7. The van der Waals surface area contributed by atoms with Crippen molar-refractivity contribution in [2.75, 3.05) is 0 Å². The summed E-state index contributed by atoms with van der Waals surface area (Å²) in [7, 11) is 0. The maximum atomic E-state index is 14.0. The van der Waals surface area contributed by atoms with Gasteiger partial charge in [-0.05, 0) is 88.0 Å². The number of benzene rings is 2. The van der Waals surface area contributed by atoms with Gasteiger partial charge in [-0.25, -0.2) is 4.39 Å². The minimum absolute atomic E-state index is 0.0295. The second-order valence-electron chi connectivity index (χ2n) is 10.4. The Morgan fingerprint density at radius 2 is 1.56 bits per heavy atom. The number of nitrogens with zero attached hydrogens (tertiary/aromatic N) is 1. The van der Waals surface area contributed by atoms with Crippen molar-refractivity contribution in [3.05, 3.63) is 71.0 Å². The third-order valence-corrected chi connectivity index (χ3v) is 7.82. The van der Waals surface area contributed by atoms with E-state index >= 15 is 0 Å². The van der Waals surface area contributed by atoms with Crippen molar-refractivity contribution in [3.8, 4) is 0 Å². The van der Waals surface area contributed by atoms with Gasteiger partial charge in [0.2, 0.25) is 0 Å². The zero-order valence-corrected chi connectivity index (χ0v) is 18.6. The van der Waals surface area contributed by atoms with Gasteiger partial charge in [-0.3, -0.25) is 9.59 Å². The lowest BCUT2D eigenvalue weighted by molar-refractivity contribution is -0.157. The molecule has 4 fully saturated rings. The maximum Gasteiger partial charge on any atom is 0.254 e. The van der Waals surface area contributed by atoms with Crippen LogP contribution in [-0.2, 0) is 0 Å². The molecule has 0 saturated heterocycles. The van der Waals surface area contributed by atoms with Crippen LogP contribution in [0.15, 0.2) is 48.5 Å². The largest absolute Gasteiger partial charge is 0.390 e. The molecular weight excluding hydrogens is 405 g/mol. The van der Waals surface area contributed by atoms with Crippen LogP contribution in [0.4, 0.5) is 4.39 Å². The fourth-order valence-corrected chi connectivity index (χ4v) is 6.84. The molecule has 2 atom stereocenters. The molecule has 2 unspecified atom stereocenters. The summed E-state index contributed by atoms with van der Waals surface area (Å²) < 4.78 is 14.0. The smallest absolute Gasteiger partial charge is 0.254 e. The van der Waals surface area contributed by atoms with Crippen LogP contribution < -0.4 is 0 Å². The second-order valence-corrected chi connectivity index (χ2v) is 10.4. The topological polar surface area (TPSA) is 57.6 Å². The molecule has 4 aliphatic carbocycles. The van der Waals surface area contributed by atoms with E-state index < -0.39 is 17.2 Å². The van der Waals surface area contributed by atoms with Gasteiger partial charge >= 0.3 is 0 Å². The first-order chi connectivity index (χ1) is 15.3. The van der Waals surface area contributed by atoms with E-state index in [1.54, 1.807) is 36.4 Å². The van der Waals surface area contributed by atoms with Crippen molar-refractivity contribution in [2.45, 2.75) is 63.6 Å². The highest BCUT2D eigenvalue weighted by Gasteiger charge is 2.57. The number of carbonyl (C=O) groups is 2. The Balaban J connectivity index is 1.39. The average molecular weight is 436 g/mol. The standard InChI is InChI=1S/C27H30FNO3/c1-16(2)29(24-20-11-17-12-21(24)15-27(32,13-17)14-20)26(31)19-9-7-18(8-10-19)25(30)22-5-3-4-6-23(22)28/h3-10,16-17,20-21,24,32H,11-15H2,1-2H3. The Bertz CT molecular complexity index is 1030. The highest BCUT2D eigenvalue weighted by atomic mass is 19.1. The second kappa shape index (κ2) is 7.80. The van der Waals surface area contributed by atoms with Gasteiger partial charge in [0.25, 0.3) is 5.91 Å². The number of hydrogen-bond acceptors (Lipinski definition) is 3. The summed E-state index contributed by atoms with van der Waals surface area (Å²) in [5.41, 5.74) is 0.394. The molecular formula is C27H30FNO3. The summed E-state index contributed by atoms with van der Waals surface area (Å²) in [6.07, 6.45) is 4.68. The highest BCUT2D eigenvalue weighted by molar-refractivity contribution is 6.09. The van der Waals surface area contributed by atoms with Crippen molar-refractivity contribution in [1.29, 1.82) is 0 Å². The van der Waals surface area contributed by atoms with Gasteiger partial charge in [0.05, 0.1) is 11.2 Å². The first kappa shape index (κ1) is 21.3. The number of hydrogen-bond donors (Lipinski definition) is 1. The molecule has 5 heteroatoms. The van der Waals surface area contributed by atoms with Crippen LogP contribution in [0, 0.1) is 23.6 Å². The van der Waals surface area contributed by atoms with Crippen LogP contribution in [0.1, 0.15) is 72.2 Å². The summed E-state index contributed by atoms with van der Waals surface area (Å²) in [4.78, 5) is 28.3. The summed E-state index contributed by atoms with van der Waals surface area (Å²) in [6.45, 7) is 4.10. The van der Waals surface area contributed by atoms with Crippen LogP contribution in [0.3, 0.4) is 0 Å². The molecule has 0 radical (unpaired) electrons. The number of halogens is 1. The van der Waals surface area contributed by atoms with Gasteiger partial charge in [-0.2, -0.15) is 0 Å². The minimum atomic E-state index is -0.549. The van der Waals surface area contributed by atoms with Gasteiger partial charge < -0.3 is 10.0 Å². The van der Waals surface area contributed by atoms with Crippen LogP contribution >= 0.6 is 0 Å². The minimum Gasteiger partial charge on any atom is -0.390 e. The molecule has 0 heterocycles. The molecule has 4 saturated carbocycles. The SMILES string of the molecule is CC(C)N(C(=O)c1ccc(C(=O)c2ccccc2F)cc1)C1C2CC3CC1CC(O)(C3)C2. The van der Waals surface area contributed by atoms with Gasteiger partial charge in [0.1, 0.15) is 5.82 Å². The van der Waals surface area contributed by atoms with Crippen molar-refractivity contribution in [1.82, 2.24) is 4.90 Å². The van der Waals surface area contributed by atoms with Crippen molar-refractivity contribution in [3.63, 3.8) is 0 Å². The molecule has 2 aromatic rings. The number of aliphatic hydroxyl groups is 1. The average Bonchev–Trinajstić information content (AvgIpc) is 2.74. The molecule has 168 valence electrons. The lowest BCUT2D eigenvalue weighted by atomic mass is 9.52. The normalized spacial score (nSPS) is 30.5. The molecule has 4 nitrogen and oxygen atoms in total. The van der Waals surface area contributed by atoms with E-state index in [0.717, 1.165) is 32.1 Å². The number of rotatable bonds is 5. The Kier molecular flexibility index (Phi) is 5.20. The fraction of sp³-hybridized carbons (Fsp3) is 0.481. The van der Waals surface area contributed by atoms with E-state index in [0.29, 0.717) is 28.9 Å². The van der Waals surface area contributed by atoms with Gasteiger partial charge in [-0.15, -0.1) is 0 Å². The van der Waals surface area contributed by atoms with E-state index in [1.165, 1.54) is 12.1 Å². The Hall–Kier alpha value is -2.53. The summed E-state index contributed by atoms with van der Waals surface area (Å²) in [6, 6.07) is 12.7. The third kappa shape index (κ3) is 3.57. The van der Waals surface area contributed by atoms with Gasteiger partial charge in [0.15, 0.2) is 5.78 Å². The summed E-state index contributed by atoms with van der Waals surface area (Å²) >= 11 is 0. The summed E-state index contributed by atoms with van der Waals surface area (Å²) in [5.74, 6) is 0.305.